The predicted octanol–water partition coefficient (Wildman–Crippen LogP) is 2.75. The molecule has 1 aliphatic rings. The van der Waals surface area contributed by atoms with Crippen molar-refractivity contribution in [2.24, 2.45) is 0 Å². The molecule has 0 aromatic heterocycles. The van der Waals surface area contributed by atoms with Gasteiger partial charge in [0, 0.05) is 24.0 Å². The van der Waals surface area contributed by atoms with E-state index >= 15 is 0 Å². The summed E-state index contributed by atoms with van der Waals surface area (Å²) in [5, 5.41) is 0. The van der Waals surface area contributed by atoms with Gasteiger partial charge in [-0.2, -0.15) is 0 Å². The van der Waals surface area contributed by atoms with Crippen LogP contribution in [0.25, 0.3) is 0 Å². The molecule has 1 aromatic rings. The number of piperidine rings is 1. The van der Waals surface area contributed by atoms with Gasteiger partial charge >= 0.3 is 5.97 Å². The monoisotopic (exact) mass is 325 g/mol. The van der Waals surface area contributed by atoms with Crippen LogP contribution >= 0.6 is 15.9 Å². The van der Waals surface area contributed by atoms with Gasteiger partial charge in [0.15, 0.2) is 0 Å². The van der Waals surface area contributed by atoms with Crippen molar-refractivity contribution in [2.75, 3.05) is 13.7 Å². The molecule has 1 saturated heterocycles. The van der Waals surface area contributed by atoms with Crippen molar-refractivity contribution in [3.63, 3.8) is 0 Å². The third-order valence-corrected chi connectivity index (χ3v) is 3.99. The molecule has 0 atom stereocenters. The second-order valence-corrected chi connectivity index (χ2v) is 5.42. The normalized spacial score (nSPS) is 15.5. The van der Waals surface area contributed by atoms with Crippen molar-refractivity contribution in [1.82, 2.24) is 4.90 Å². The van der Waals surface area contributed by atoms with E-state index in [1.54, 1.807) is 12.1 Å². The first-order chi connectivity index (χ1) is 9.11. The number of carbonyl (C=O) groups is 2. The lowest BCUT2D eigenvalue weighted by molar-refractivity contribution is -0.133. The number of carbonyl (C=O) groups excluding carboxylic acids is 2. The fourth-order valence-electron chi connectivity index (χ4n) is 2.15. The van der Waals surface area contributed by atoms with E-state index in [0.29, 0.717) is 18.5 Å². The van der Waals surface area contributed by atoms with E-state index in [9.17, 15) is 9.59 Å². The summed E-state index contributed by atoms with van der Waals surface area (Å²) in [5.74, 6) is -0.156. The van der Waals surface area contributed by atoms with Gasteiger partial charge in [-0.15, -0.1) is 0 Å². The molecule has 0 aliphatic carbocycles. The van der Waals surface area contributed by atoms with E-state index in [2.05, 4.69) is 20.7 Å². The van der Waals surface area contributed by atoms with Crippen molar-refractivity contribution >= 4 is 27.8 Å². The van der Waals surface area contributed by atoms with Gasteiger partial charge in [-0.05, 0) is 30.5 Å². The summed E-state index contributed by atoms with van der Waals surface area (Å²) in [4.78, 5) is 25.0. The number of nitrogens with zero attached hydrogens (tertiary/aromatic N) is 1. The van der Waals surface area contributed by atoms with E-state index in [1.807, 2.05) is 11.0 Å². The van der Waals surface area contributed by atoms with Crippen molar-refractivity contribution in [3.8, 4) is 0 Å². The van der Waals surface area contributed by atoms with E-state index in [1.165, 1.54) is 7.11 Å². The molecular formula is C14H16BrNO3. The van der Waals surface area contributed by atoms with Crippen molar-refractivity contribution < 1.29 is 14.3 Å². The van der Waals surface area contributed by atoms with E-state index in [0.717, 1.165) is 29.4 Å². The Hall–Kier alpha value is -1.36. The van der Waals surface area contributed by atoms with Crippen LogP contribution in [0, 0.1) is 0 Å². The number of methoxy groups -OCH3 is 1. The zero-order valence-electron chi connectivity index (χ0n) is 10.8. The van der Waals surface area contributed by atoms with Crippen LogP contribution in [0.1, 0.15) is 35.2 Å². The minimum absolute atomic E-state index is 0.204. The Balaban J connectivity index is 2.12. The van der Waals surface area contributed by atoms with Crippen LogP contribution in [-0.4, -0.2) is 30.4 Å². The zero-order valence-corrected chi connectivity index (χ0v) is 12.4. The Bertz CT molecular complexity index is 501. The van der Waals surface area contributed by atoms with Gasteiger partial charge < -0.3 is 9.64 Å². The van der Waals surface area contributed by atoms with Crippen molar-refractivity contribution in [1.29, 1.82) is 0 Å². The third kappa shape index (κ3) is 3.35. The summed E-state index contributed by atoms with van der Waals surface area (Å²) in [6.45, 7) is 1.39. The van der Waals surface area contributed by atoms with Crippen LogP contribution in [-0.2, 0) is 16.1 Å². The van der Waals surface area contributed by atoms with Gasteiger partial charge in [-0.1, -0.05) is 22.0 Å². The highest BCUT2D eigenvalue weighted by Gasteiger charge is 2.19. The highest BCUT2D eigenvalue weighted by molar-refractivity contribution is 9.10. The van der Waals surface area contributed by atoms with E-state index < -0.39 is 0 Å². The molecule has 1 aliphatic heterocycles. The van der Waals surface area contributed by atoms with Crippen LogP contribution in [0.15, 0.2) is 22.7 Å². The standard InChI is InChI=1S/C14H16BrNO3/c1-19-14(18)10-5-6-11(12(15)8-10)9-16-7-3-2-4-13(16)17/h5-6,8H,2-4,7,9H2,1H3. The molecule has 1 aromatic carbocycles. The average Bonchev–Trinajstić information content (AvgIpc) is 2.42. The van der Waals surface area contributed by atoms with E-state index in [-0.39, 0.29) is 11.9 Å². The number of hydrogen-bond acceptors (Lipinski definition) is 3. The molecule has 1 fully saturated rings. The number of ether oxygens (including phenoxy) is 1. The molecule has 5 heteroatoms. The summed E-state index contributed by atoms with van der Waals surface area (Å²) in [5.41, 5.74) is 1.51. The SMILES string of the molecule is COC(=O)c1ccc(CN2CCCCC2=O)c(Br)c1. The van der Waals surface area contributed by atoms with E-state index in [4.69, 9.17) is 0 Å². The number of likely N-dealkylation sites (tertiary alicyclic amines) is 1. The Morgan fingerprint density at radius 1 is 1.42 bits per heavy atom. The fraction of sp³-hybridized carbons (Fsp3) is 0.429. The highest BCUT2D eigenvalue weighted by Crippen LogP contribution is 2.22. The molecular weight excluding hydrogens is 310 g/mol. The predicted molar refractivity (Wildman–Crippen MR) is 74.7 cm³/mol. The molecule has 0 N–H and O–H groups in total. The van der Waals surface area contributed by atoms with Gasteiger partial charge in [-0.25, -0.2) is 4.79 Å². The number of benzene rings is 1. The molecule has 2 rings (SSSR count). The third-order valence-electron chi connectivity index (χ3n) is 3.26. The number of amides is 1. The first kappa shape index (κ1) is 14.1. The molecule has 1 amide bonds. The lowest BCUT2D eigenvalue weighted by Crippen LogP contribution is -2.34. The second kappa shape index (κ2) is 6.19. The number of hydrogen-bond donors (Lipinski definition) is 0. The molecule has 19 heavy (non-hydrogen) atoms. The van der Waals surface area contributed by atoms with Gasteiger partial charge in [0.2, 0.25) is 5.91 Å². The van der Waals surface area contributed by atoms with Gasteiger partial charge in [0.1, 0.15) is 0 Å². The van der Waals surface area contributed by atoms with Crippen LogP contribution in [0.5, 0.6) is 0 Å². The van der Waals surface area contributed by atoms with Crippen LogP contribution < -0.4 is 0 Å². The quantitative estimate of drug-likeness (QED) is 0.803. The maximum absolute atomic E-state index is 11.8. The maximum Gasteiger partial charge on any atom is 0.337 e. The molecule has 0 spiro atoms. The van der Waals surface area contributed by atoms with Crippen LogP contribution in [0.2, 0.25) is 0 Å². The summed E-state index contributed by atoms with van der Waals surface area (Å²) in [6.07, 6.45) is 2.68. The number of esters is 1. The Kier molecular flexibility index (Phi) is 4.58. The molecule has 4 nitrogen and oxygen atoms in total. The lowest BCUT2D eigenvalue weighted by Gasteiger charge is -2.27. The smallest absolute Gasteiger partial charge is 0.337 e. The van der Waals surface area contributed by atoms with Gasteiger partial charge in [0.05, 0.1) is 12.7 Å². The summed E-state index contributed by atoms with van der Waals surface area (Å²) >= 11 is 3.45. The topological polar surface area (TPSA) is 46.6 Å². The molecule has 0 radical (unpaired) electrons. The fourth-order valence-corrected chi connectivity index (χ4v) is 2.66. The molecule has 0 unspecified atom stereocenters. The number of halogens is 1. The Morgan fingerprint density at radius 3 is 2.84 bits per heavy atom. The molecule has 102 valence electrons. The maximum atomic E-state index is 11.8. The van der Waals surface area contributed by atoms with Crippen molar-refractivity contribution in [3.05, 3.63) is 33.8 Å². The Morgan fingerprint density at radius 2 is 2.21 bits per heavy atom. The van der Waals surface area contributed by atoms with Crippen LogP contribution in [0.4, 0.5) is 0 Å². The van der Waals surface area contributed by atoms with Gasteiger partial charge in [0.25, 0.3) is 0 Å². The van der Waals surface area contributed by atoms with Crippen LogP contribution in [0.3, 0.4) is 0 Å². The molecule has 0 saturated carbocycles. The number of rotatable bonds is 3. The highest BCUT2D eigenvalue weighted by atomic mass is 79.9. The molecule has 0 bridgehead atoms. The summed E-state index contributed by atoms with van der Waals surface area (Å²) < 4.78 is 5.50. The lowest BCUT2D eigenvalue weighted by atomic mass is 10.1. The summed E-state index contributed by atoms with van der Waals surface area (Å²) in [7, 11) is 1.36. The minimum atomic E-state index is -0.360. The van der Waals surface area contributed by atoms with Crippen molar-refractivity contribution in [2.45, 2.75) is 25.8 Å². The first-order valence-corrected chi connectivity index (χ1v) is 7.05. The zero-order chi connectivity index (χ0) is 13.8. The second-order valence-electron chi connectivity index (χ2n) is 4.57. The molecule has 1 heterocycles. The van der Waals surface area contributed by atoms with Gasteiger partial charge in [-0.3, -0.25) is 4.79 Å². The minimum Gasteiger partial charge on any atom is -0.465 e. The average molecular weight is 326 g/mol. The Labute approximate surface area is 120 Å². The summed E-state index contributed by atoms with van der Waals surface area (Å²) in [6, 6.07) is 5.31. The largest absolute Gasteiger partial charge is 0.465 e. The first-order valence-electron chi connectivity index (χ1n) is 6.26.